The SMILES string of the molecule is CC(O)C(NC(=O)C(CS)NC(=O)C(CCC(N)=O)NC(=O)C(N)Cc1ccccc1)C(=O)O. The van der Waals surface area contributed by atoms with Crippen LogP contribution in [0.15, 0.2) is 30.3 Å². The first-order valence-corrected chi connectivity index (χ1v) is 11.1. The van der Waals surface area contributed by atoms with E-state index in [0.29, 0.717) is 0 Å². The van der Waals surface area contributed by atoms with Gasteiger partial charge >= 0.3 is 5.97 Å². The third-order valence-electron chi connectivity index (χ3n) is 4.81. The third kappa shape index (κ3) is 9.77. The average Bonchev–Trinajstić information content (AvgIpc) is 2.77. The fraction of sp³-hybridized carbons (Fsp3) is 0.476. The van der Waals surface area contributed by atoms with Crippen LogP contribution in [0.5, 0.6) is 0 Å². The molecule has 9 N–H and O–H groups in total. The lowest BCUT2D eigenvalue weighted by Gasteiger charge is -2.25. The molecule has 0 saturated heterocycles. The summed E-state index contributed by atoms with van der Waals surface area (Å²) in [5.74, 6) is -4.76. The molecule has 5 atom stereocenters. The van der Waals surface area contributed by atoms with Crippen molar-refractivity contribution in [3.8, 4) is 0 Å². The number of hydrogen-bond acceptors (Lipinski definition) is 8. The topological polar surface area (TPSA) is 214 Å². The molecule has 0 aromatic heterocycles. The molecular weight excluding hydrogens is 466 g/mol. The van der Waals surface area contributed by atoms with Gasteiger partial charge in [0.25, 0.3) is 0 Å². The molecule has 0 aliphatic carbocycles. The molecule has 34 heavy (non-hydrogen) atoms. The zero-order chi connectivity index (χ0) is 25.8. The van der Waals surface area contributed by atoms with Crippen LogP contribution in [0.3, 0.4) is 0 Å². The van der Waals surface area contributed by atoms with Crippen molar-refractivity contribution in [3.05, 3.63) is 35.9 Å². The fourth-order valence-corrected chi connectivity index (χ4v) is 3.16. The molecular formula is C21H31N5O7S. The monoisotopic (exact) mass is 497 g/mol. The van der Waals surface area contributed by atoms with E-state index in [2.05, 4.69) is 28.6 Å². The zero-order valence-corrected chi connectivity index (χ0v) is 19.5. The maximum atomic E-state index is 12.8. The number of nitrogens with one attached hydrogen (secondary N) is 3. The second-order valence-corrected chi connectivity index (χ2v) is 8.04. The van der Waals surface area contributed by atoms with Gasteiger partial charge in [-0.1, -0.05) is 30.3 Å². The van der Waals surface area contributed by atoms with Gasteiger partial charge in [-0.2, -0.15) is 12.6 Å². The number of nitrogens with two attached hydrogens (primary N) is 2. The Morgan fingerprint density at radius 2 is 1.53 bits per heavy atom. The molecule has 0 radical (unpaired) electrons. The molecule has 13 heteroatoms. The molecule has 0 aliphatic rings. The Morgan fingerprint density at radius 3 is 2.03 bits per heavy atom. The van der Waals surface area contributed by atoms with E-state index in [-0.39, 0.29) is 25.0 Å². The van der Waals surface area contributed by atoms with Gasteiger partial charge < -0.3 is 37.6 Å². The number of aliphatic carboxylic acids is 1. The van der Waals surface area contributed by atoms with E-state index < -0.39 is 59.9 Å². The van der Waals surface area contributed by atoms with Crippen molar-refractivity contribution in [2.24, 2.45) is 11.5 Å². The number of aliphatic hydroxyl groups excluding tert-OH is 1. The molecule has 0 bridgehead atoms. The van der Waals surface area contributed by atoms with E-state index in [1.807, 2.05) is 6.07 Å². The lowest BCUT2D eigenvalue weighted by atomic mass is 10.0. The van der Waals surface area contributed by atoms with Crippen LogP contribution in [-0.4, -0.2) is 75.8 Å². The molecule has 0 aliphatic heterocycles. The summed E-state index contributed by atoms with van der Waals surface area (Å²) >= 11 is 4.00. The van der Waals surface area contributed by atoms with Crippen molar-refractivity contribution in [1.82, 2.24) is 16.0 Å². The van der Waals surface area contributed by atoms with Crippen molar-refractivity contribution in [1.29, 1.82) is 0 Å². The highest BCUT2D eigenvalue weighted by molar-refractivity contribution is 7.80. The first kappa shape index (κ1) is 28.9. The smallest absolute Gasteiger partial charge is 0.328 e. The average molecular weight is 498 g/mol. The zero-order valence-electron chi connectivity index (χ0n) is 18.6. The number of hydrogen-bond donors (Lipinski definition) is 8. The van der Waals surface area contributed by atoms with E-state index in [1.165, 1.54) is 6.92 Å². The fourth-order valence-electron chi connectivity index (χ4n) is 2.90. The van der Waals surface area contributed by atoms with Crippen LogP contribution in [0.4, 0.5) is 0 Å². The van der Waals surface area contributed by atoms with Crippen LogP contribution in [0.25, 0.3) is 0 Å². The third-order valence-corrected chi connectivity index (χ3v) is 5.17. The second-order valence-electron chi connectivity index (χ2n) is 7.67. The molecule has 5 unspecified atom stereocenters. The van der Waals surface area contributed by atoms with Crippen LogP contribution < -0.4 is 27.4 Å². The van der Waals surface area contributed by atoms with Crippen LogP contribution in [0.2, 0.25) is 0 Å². The summed E-state index contributed by atoms with van der Waals surface area (Å²) in [6.45, 7) is 1.18. The Balaban J connectivity index is 2.88. The number of benzene rings is 1. The summed E-state index contributed by atoms with van der Waals surface area (Å²) in [6, 6.07) is 3.84. The molecule has 1 aromatic carbocycles. The number of rotatable bonds is 14. The molecule has 0 heterocycles. The number of carboxylic acids is 1. The molecule has 0 spiro atoms. The second kappa shape index (κ2) is 14.2. The predicted octanol–water partition coefficient (Wildman–Crippen LogP) is -2.33. The molecule has 0 saturated carbocycles. The van der Waals surface area contributed by atoms with Crippen LogP contribution in [0, 0.1) is 0 Å². The number of primary amides is 1. The number of carbonyl (C=O) groups is 5. The van der Waals surface area contributed by atoms with E-state index in [0.717, 1.165) is 5.56 Å². The maximum Gasteiger partial charge on any atom is 0.328 e. The van der Waals surface area contributed by atoms with Crippen molar-refractivity contribution in [2.45, 2.75) is 56.5 Å². The number of thiol groups is 1. The van der Waals surface area contributed by atoms with Gasteiger partial charge in [0.2, 0.25) is 23.6 Å². The molecule has 0 fully saturated rings. The number of amides is 4. The minimum atomic E-state index is -1.60. The van der Waals surface area contributed by atoms with E-state index in [1.54, 1.807) is 24.3 Å². The molecule has 12 nitrogen and oxygen atoms in total. The maximum absolute atomic E-state index is 12.8. The van der Waals surface area contributed by atoms with E-state index in [4.69, 9.17) is 16.6 Å². The minimum Gasteiger partial charge on any atom is -0.480 e. The predicted molar refractivity (Wildman–Crippen MR) is 126 cm³/mol. The Kier molecular flexibility index (Phi) is 12.0. The van der Waals surface area contributed by atoms with Gasteiger partial charge in [0, 0.05) is 12.2 Å². The molecule has 1 rings (SSSR count). The number of aliphatic hydroxyl groups is 1. The van der Waals surface area contributed by atoms with Gasteiger partial charge in [-0.25, -0.2) is 4.79 Å². The van der Waals surface area contributed by atoms with Crippen molar-refractivity contribution >= 4 is 42.2 Å². The summed E-state index contributed by atoms with van der Waals surface area (Å²) in [4.78, 5) is 60.2. The highest BCUT2D eigenvalue weighted by Crippen LogP contribution is 2.05. The van der Waals surface area contributed by atoms with Crippen molar-refractivity contribution < 1.29 is 34.2 Å². The van der Waals surface area contributed by atoms with Gasteiger partial charge in [0.1, 0.15) is 12.1 Å². The first-order chi connectivity index (χ1) is 16.0. The standard InChI is InChI=1S/C21H31N5O7S/c1-11(27)17(21(32)33)26-20(31)15(10-34)25-19(30)14(7-8-16(23)28)24-18(29)13(22)9-12-5-3-2-4-6-12/h2-6,11,13-15,17,27,34H,7-10,22H2,1H3,(H2,23,28)(H,24,29)(H,25,30)(H,26,31)(H,32,33). The van der Waals surface area contributed by atoms with Gasteiger partial charge in [-0.15, -0.1) is 0 Å². The normalized spacial score (nSPS) is 15.2. The largest absolute Gasteiger partial charge is 0.480 e. The lowest BCUT2D eigenvalue weighted by Crippen LogP contribution is -2.59. The van der Waals surface area contributed by atoms with Crippen LogP contribution in [0.1, 0.15) is 25.3 Å². The minimum absolute atomic E-state index is 0.155. The van der Waals surface area contributed by atoms with Gasteiger partial charge in [-0.3, -0.25) is 19.2 Å². The van der Waals surface area contributed by atoms with Crippen molar-refractivity contribution in [3.63, 3.8) is 0 Å². The summed E-state index contributed by atoms with van der Waals surface area (Å²) in [5, 5.41) is 25.6. The molecule has 188 valence electrons. The number of carbonyl (C=O) groups excluding carboxylic acids is 4. The number of carboxylic acid groups (broad SMARTS) is 1. The van der Waals surface area contributed by atoms with Crippen molar-refractivity contribution in [2.75, 3.05) is 5.75 Å². The van der Waals surface area contributed by atoms with E-state index in [9.17, 15) is 29.1 Å². The lowest BCUT2D eigenvalue weighted by molar-refractivity contribution is -0.145. The molecule has 1 aromatic rings. The summed E-state index contributed by atoms with van der Waals surface area (Å²) < 4.78 is 0. The summed E-state index contributed by atoms with van der Waals surface area (Å²) in [7, 11) is 0. The van der Waals surface area contributed by atoms with Crippen LogP contribution >= 0.6 is 12.6 Å². The summed E-state index contributed by atoms with van der Waals surface area (Å²) in [6.07, 6.45) is -1.58. The Hall–Kier alpha value is -3.16. The van der Waals surface area contributed by atoms with E-state index >= 15 is 0 Å². The first-order valence-electron chi connectivity index (χ1n) is 10.5. The Labute approximate surface area is 202 Å². The molecule has 4 amide bonds. The Bertz CT molecular complexity index is 868. The van der Waals surface area contributed by atoms with Gasteiger partial charge in [-0.05, 0) is 25.3 Å². The van der Waals surface area contributed by atoms with Gasteiger partial charge in [0.15, 0.2) is 6.04 Å². The highest BCUT2D eigenvalue weighted by Gasteiger charge is 2.31. The van der Waals surface area contributed by atoms with Gasteiger partial charge in [0.05, 0.1) is 12.1 Å². The highest BCUT2D eigenvalue weighted by atomic mass is 32.1. The van der Waals surface area contributed by atoms with Crippen LogP contribution in [-0.2, 0) is 30.4 Å². The quantitative estimate of drug-likeness (QED) is 0.130. The Morgan fingerprint density at radius 1 is 0.971 bits per heavy atom. The summed E-state index contributed by atoms with van der Waals surface area (Å²) in [5.41, 5.74) is 11.9.